The number of phenols is 2. The van der Waals surface area contributed by atoms with Crippen molar-refractivity contribution in [2.75, 3.05) is 11.5 Å². The summed E-state index contributed by atoms with van der Waals surface area (Å²) in [6.45, 7) is 6.50. The molecule has 1 saturated heterocycles. The molecule has 2 bridgehead atoms. The standard InChI is InChI=1S/C24H36O3S2/c1-4-5-6-7-9-24(28-11-12-29-24)16-13-19(25)21(20(26)14-16)17-8-10-23(27)15-18(17)22(23,2)3/h13-14,17-18,25-27H,4-12,15H2,1-3H3/t17-,18?,23?/m1/s1. The molecule has 0 aromatic heterocycles. The fourth-order valence-corrected chi connectivity index (χ4v) is 9.33. The number of benzene rings is 1. The highest BCUT2D eigenvalue weighted by atomic mass is 32.2. The highest BCUT2D eigenvalue weighted by molar-refractivity contribution is 8.20. The molecule has 5 rings (SSSR count). The van der Waals surface area contributed by atoms with Gasteiger partial charge < -0.3 is 15.3 Å². The maximum atomic E-state index is 11.0. The van der Waals surface area contributed by atoms with Crippen LogP contribution in [-0.4, -0.2) is 32.4 Å². The van der Waals surface area contributed by atoms with Crippen molar-refractivity contribution >= 4 is 23.5 Å². The lowest BCUT2D eigenvalue weighted by Gasteiger charge is -2.65. The molecule has 162 valence electrons. The molecule has 4 aliphatic rings. The average Bonchev–Trinajstić information content (AvgIpc) is 3.16. The zero-order valence-electron chi connectivity index (χ0n) is 18.0. The van der Waals surface area contributed by atoms with E-state index >= 15 is 0 Å². The Balaban J connectivity index is 1.60. The Morgan fingerprint density at radius 1 is 1.03 bits per heavy atom. The fraction of sp³-hybridized carbons (Fsp3) is 0.750. The zero-order chi connectivity index (χ0) is 20.9. The van der Waals surface area contributed by atoms with Gasteiger partial charge in [-0.05, 0) is 60.6 Å². The summed E-state index contributed by atoms with van der Waals surface area (Å²) in [6, 6.07) is 3.87. The second-order valence-corrected chi connectivity index (χ2v) is 12.9. The number of aliphatic hydroxyl groups is 1. The van der Waals surface area contributed by atoms with Gasteiger partial charge in [0.2, 0.25) is 0 Å². The van der Waals surface area contributed by atoms with Crippen LogP contribution in [0.25, 0.3) is 0 Å². The number of thioether (sulfide) groups is 2. The first-order valence-electron chi connectivity index (χ1n) is 11.3. The molecule has 1 aliphatic heterocycles. The maximum Gasteiger partial charge on any atom is 0.123 e. The van der Waals surface area contributed by atoms with E-state index in [1.165, 1.54) is 25.7 Å². The first-order chi connectivity index (χ1) is 13.7. The van der Waals surface area contributed by atoms with Crippen molar-refractivity contribution in [3.63, 3.8) is 0 Å². The Bertz CT molecular complexity index is 729. The third-order valence-corrected chi connectivity index (χ3v) is 11.7. The predicted molar refractivity (Wildman–Crippen MR) is 124 cm³/mol. The molecule has 4 fully saturated rings. The lowest BCUT2D eigenvalue weighted by Crippen LogP contribution is -2.65. The van der Waals surface area contributed by atoms with Gasteiger partial charge in [0.25, 0.3) is 0 Å². The quantitative estimate of drug-likeness (QED) is 0.434. The Kier molecular flexibility index (Phi) is 5.89. The minimum atomic E-state index is -0.570. The third-order valence-electron chi connectivity index (χ3n) is 8.10. The van der Waals surface area contributed by atoms with Gasteiger partial charge in [0.15, 0.2) is 0 Å². The largest absolute Gasteiger partial charge is 0.508 e. The Morgan fingerprint density at radius 2 is 1.69 bits per heavy atom. The SMILES string of the molecule is CCCCCCC1(c2cc(O)c([C@@H]3CCC4(O)CC3C4(C)C)c(O)c2)SCCS1. The summed E-state index contributed by atoms with van der Waals surface area (Å²) in [5, 5.41) is 32.9. The number of aromatic hydroxyl groups is 2. The van der Waals surface area contributed by atoms with Crippen LogP contribution in [0, 0.1) is 11.3 Å². The normalized spacial score (nSPS) is 32.1. The van der Waals surface area contributed by atoms with E-state index in [-0.39, 0.29) is 26.9 Å². The first kappa shape index (κ1) is 21.7. The Morgan fingerprint density at radius 3 is 2.24 bits per heavy atom. The number of hydrogen-bond donors (Lipinski definition) is 3. The van der Waals surface area contributed by atoms with Crippen LogP contribution in [0.1, 0.15) is 89.2 Å². The zero-order valence-corrected chi connectivity index (χ0v) is 19.7. The second kappa shape index (κ2) is 7.87. The summed E-state index contributed by atoms with van der Waals surface area (Å²) in [5.74, 6) is 3.18. The minimum absolute atomic E-state index is 0.0379. The molecule has 1 aromatic carbocycles. The molecule has 0 amide bonds. The van der Waals surface area contributed by atoms with Crippen LogP contribution in [0.5, 0.6) is 11.5 Å². The van der Waals surface area contributed by atoms with Gasteiger partial charge in [-0.15, -0.1) is 23.5 Å². The summed E-state index contributed by atoms with van der Waals surface area (Å²) < 4.78 is -0.0379. The van der Waals surface area contributed by atoms with E-state index in [1.54, 1.807) is 0 Å². The number of phenolic OH excluding ortho intramolecular Hbond substituents is 2. The maximum absolute atomic E-state index is 11.0. The van der Waals surface area contributed by atoms with Crippen LogP contribution >= 0.6 is 23.5 Å². The van der Waals surface area contributed by atoms with Crippen molar-refractivity contribution in [1.82, 2.24) is 0 Å². The smallest absolute Gasteiger partial charge is 0.123 e. The molecular weight excluding hydrogens is 400 g/mol. The molecule has 3 nitrogen and oxygen atoms in total. The van der Waals surface area contributed by atoms with E-state index in [1.807, 2.05) is 35.7 Å². The van der Waals surface area contributed by atoms with Crippen LogP contribution in [0.4, 0.5) is 0 Å². The summed E-state index contributed by atoms with van der Waals surface area (Å²) in [4.78, 5) is 0. The summed E-state index contributed by atoms with van der Waals surface area (Å²) in [7, 11) is 0. The molecule has 0 radical (unpaired) electrons. The number of unbranched alkanes of at least 4 members (excludes halogenated alkanes) is 3. The fourth-order valence-electron chi connectivity index (χ4n) is 6.02. The van der Waals surface area contributed by atoms with Crippen molar-refractivity contribution in [1.29, 1.82) is 0 Å². The summed E-state index contributed by atoms with van der Waals surface area (Å²) in [5.41, 5.74) is 1.05. The third kappa shape index (κ3) is 3.49. The van der Waals surface area contributed by atoms with Crippen molar-refractivity contribution in [3.8, 4) is 11.5 Å². The topological polar surface area (TPSA) is 60.7 Å². The van der Waals surface area contributed by atoms with E-state index in [0.29, 0.717) is 11.5 Å². The van der Waals surface area contributed by atoms with Crippen molar-refractivity contribution in [3.05, 3.63) is 23.3 Å². The second-order valence-electron chi connectivity index (χ2n) is 9.90. The minimum Gasteiger partial charge on any atom is -0.508 e. The van der Waals surface area contributed by atoms with E-state index in [9.17, 15) is 15.3 Å². The molecule has 2 unspecified atom stereocenters. The molecule has 3 aliphatic carbocycles. The van der Waals surface area contributed by atoms with E-state index < -0.39 is 5.60 Å². The van der Waals surface area contributed by atoms with Crippen LogP contribution in [0.15, 0.2) is 12.1 Å². The van der Waals surface area contributed by atoms with Gasteiger partial charge in [-0.25, -0.2) is 0 Å². The number of rotatable bonds is 7. The molecular formula is C24H36O3S2. The lowest BCUT2D eigenvalue weighted by molar-refractivity contribution is -0.231. The van der Waals surface area contributed by atoms with Crippen molar-refractivity contribution in [2.24, 2.45) is 11.3 Å². The molecule has 1 heterocycles. The van der Waals surface area contributed by atoms with E-state index in [0.717, 1.165) is 42.8 Å². The first-order valence-corrected chi connectivity index (χ1v) is 13.3. The molecule has 29 heavy (non-hydrogen) atoms. The van der Waals surface area contributed by atoms with Gasteiger partial charge in [0.1, 0.15) is 11.5 Å². The van der Waals surface area contributed by atoms with E-state index in [4.69, 9.17) is 0 Å². The van der Waals surface area contributed by atoms with Gasteiger partial charge in [0, 0.05) is 17.1 Å². The summed E-state index contributed by atoms with van der Waals surface area (Å²) >= 11 is 3.95. The van der Waals surface area contributed by atoms with Crippen molar-refractivity contribution < 1.29 is 15.3 Å². The van der Waals surface area contributed by atoms with Crippen LogP contribution in [0.3, 0.4) is 0 Å². The lowest BCUT2D eigenvalue weighted by atomic mass is 9.42. The Hall–Kier alpha value is -0.520. The van der Waals surface area contributed by atoms with Crippen LogP contribution in [-0.2, 0) is 4.08 Å². The van der Waals surface area contributed by atoms with Gasteiger partial charge in [-0.2, -0.15) is 0 Å². The summed E-state index contributed by atoms with van der Waals surface area (Å²) in [6.07, 6.45) is 8.38. The highest BCUT2D eigenvalue weighted by Gasteiger charge is 2.64. The van der Waals surface area contributed by atoms with Gasteiger partial charge >= 0.3 is 0 Å². The van der Waals surface area contributed by atoms with Gasteiger partial charge in [0.05, 0.1) is 9.68 Å². The van der Waals surface area contributed by atoms with Gasteiger partial charge in [-0.3, -0.25) is 0 Å². The number of hydrogen-bond acceptors (Lipinski definition) is 5. The molecule has 0 spiro atoms. The monoisotopic (exact) mass is 436 g/mol. The molecule has 3 saturated carbocycles. The van der Waals surface area contributed by atoms with Crippen LogP contribution < -0.4 is 0 Å². The average molecular weight is 437 g/mol. The highest BCUT2D eigenvalue weighted by Crippen LogP contribution is 2.68. The molecule has 5 heteroatoms. The predicted octanol–water partition coefficient (Wildman–Crippen LogP) is 6.36. The van der Waals surface area contributed by atoms with Crippen LogP contribution in [0.2, 0.25) is 0 Å². The molecule has 3 atom stereocenters. The van der Waals surface area contributed by atoms with Crippen molar-refractivity contribution in [2.45, 2.75) is 87.7 Å². The molecule has 1 aromatic rings. The number of fused-ring (bicyclic) bond motifs is 2. The van der Waals surface area contributed by atoms with E-state index in [2.05, 4.69) is 20.8 Å². The molecule has 3 N–H and O–H groups in total. The van der Waals surface area contributed by atoms with Gasteiger partial charge in [-0.1, -0.05) is 46.5 Å². The Labute approximate surface area is 184 Å².